The summed E-state index contributed by atoms with van der Waals surface area (Å²) >= 11 is 6.01. The monoisotopic (exact) mass is 534 g/mol. The molecule has 190 valence electrons. The lowest BCUT2D eigenvalue weighted by Gasteiger charge is -2.25. The lowest BCUT2D eigenvalue weighted by atomic mass is 10.2. The Kier molecular flexibility index (Phi) is 8.16. The van der Waals surface area contributed by atoms with Crippen LogP contribution in [0.2, 0.25) is 5.02 Å². The van der Waals surface area contributed by atoms with Crippen LogP contribution in [-0.4, -0.2) is 20.9 Å². The van der Waals surface area contributed by atoms with Crippen LogP contribution < -0.4 is 14.4 Å². The second-order valence-corrected chi connectivity index (χ2v) is 10.9. The predicted octanol–water partition coefficient (Wildman–Crippen LogP) is 6.37. The van der Waals surface area contributed by atoms with Crippen molar-refractivity contribution in [2.24, 2.45) is 0 Å². The molecule has 4 rings (SSSR count). The Morgan fingerprint density at radius 2 is 1.51 bits per heavy atom. The molecule has 1 amide bonds. The molecule has 0 radical (unpaired) electrons. The van der Waals surface area contributed by atoms with Crippen molar-refractivity contribution in [1.29, 1.82) is 0 Å². The van der Waals surface area contributed by atoms with E-state index in [1.165, 1.54) is 4.31 Å². The molecule has 0 fully saturated rings. The molecule has 0 saturated carbocycles. The summed E-state index contributed by atoms with van der Waals surface area (Å²) in [4.78, 5) is 12.5. The van der Waals surface area contributed by atoms with Crippen molar-refractivity contribution < 1.29 is 17.9 Å². The highest BCUT2D eigenvalue weighted by Crippen LogP contribution is 2.28. The zero-order valence-corrected chi connectivity index (χ0v) is 22.1. The van der Waals surface area contributed by atoms with Gasteiger partial charge in [-0.15, -0.1) is 0 Å². The van der Waals surface area contributed by atoms with Crippen molar-refractivity contribution >= 4 is 38.9 Å². The first-order valence-electron chi connectivity index (χ1n) is 11.6. The number of aryl methyl sites for hydroxylation is 2. The van der Waals surface area contributed by atoms with Gasteiger partial charge in [-0.3, -0.25) is 9.10 Å². The van der Waals surface area contributed by atoms with Gasteiger partial charge in [0.2, 0.25) is 0 Å². The average Bonchev–Trinajstić information content (AvgIpc) is 2.89. The third-order valence-corrected chi connectivity index (χ3v) is 7.80. The largest absolute Gasteiger partial charge is 0.484 e. The summed E-state index contributed by atoms with van der Waals surface area (Å²) in [6.07, 6.45) is 0. The summed E-state index contributed by atoms with van der Waals surface area (Å²) in [6, 6.07) is 27.9. The molecule has 0 aliphatic carbocycles. The minimum atomic E-state index is -3.86. The molecule has 0 aliphatic rings. The van der Waals surface area contributed by atoms with Crippen LogP contribution in [0.3, 0.4) is 0 Å². The molecule has 6 nitrogen and oxygen atoms in total. The van der Waals surface area contributed by atoms with E-state index in [2.05, 4.69) is 5.32 Å². The first kappa shape index (κ1) is 26.3. The van der Waals surface area contributed by atoms with Crippen LogP contribution in [0.4, 0.5) is 11.4 Å². The van der Waals surface area contributed by atoms with Crippen molar-refractivity contribution in [3.05, 3.63) is 119 Å². The minimum Gasteiger partial charge on any atom is -0.484 e. The van der Waals surface area contributed by atoms with Gasteiger partial charge in [0, 0.05) is 10.7 Å². The van der Waals surface area contributed by atoms with Crippen molar-refractivity contribution in [3.63, 3.8) is 0 Å². The molecule has 0 aliphatic heterocycles. The molecule has 0 heterocycles. The lowest BCUT2D eigenvalue weighted by Crippen LogP contribution is -2.30. The normalized spacial score (nSPS) is 11.1. The Morgan fingerprint density at radius 1 is 0.865 bits per heavy atom. The lowest BCUT2D eigenvalue weighted by molar-refractivity contribution is -0.118. The number of halogens is 1. The van der Waals surface area contributed by atoms with E-state index in [0.29, 0.717) is 16.5 Å². The highest BCUT2D eigenvalue weighted by molar-refractivity contribution is 7.92. The smallest absolute Gasteiger partial charge is 0.264 e. The van der Waals surface area contributed by atoms with E-state index in [0.717, 1.165) is 22.4 Å². The van der Waals surface area contributed by atoms with Crippen LogP contribution in [0.25, 0.3) is 0 Å². The third kappa shape index (κ3) is 6.70. The Hall–Kier alpha value is -3.81. The van der Waals surface area contributed by atoms with Gasteiger partial charge in [0.1, 0.15) is 5.75 Å². The van der Waals surface area contributed by atoms with Crippen LogP contribution >= 0.6 is 11.6 Å². The minimum absolute atomic E-state index is 0.117. The van der Waals surface area contributed by atoms with Gasteiger partial charge in [-0.25, -0.2) is 8.42 Å². The first-order chi connectivity index (χ1) is 17.7. The summed E-state index contributed by atoms with van der Waals surface area (Å²) in [5.41, 5.74) is 3.90. The van der Waals surface area contributed by atoms with Gasteiger partial charge < -0.3 is 10.1 Å². The van der Waals surface area contributed by atoms with Crippen molar-refractivity contribution in [2.45, 2.75) is 25.3 Å². The standard InChI is InChI=1S/C29H27ClN2O4S/c1-21-7-17-27(18-8-21)37(34,35)32(19-23-9-11-24(30)12-10-23)25-13-15-26(16-14-25)36-20-29(33)31-28-6-4-3-5-22(28)2/h3-18H,19-20H2,1-2H3,(H,31,33). The maximum Gasteiger partial charge on any atom is 0.264 e. The fraction of sp³-hybridized carbons (Fsp3) is 0.138. The van der Waals surface area contributed by atoms with Gasteiger partial charge in [-0.1, -0.05) is 59.6 Å². The van der Waals surface area contributed by atoms with E-state index in [9.17, 15) is 13.2 Å². The number of rotatable bonds is 9. The Bertz CT molecular complexity index is 1470. The van der Waals surface area contributed by atoms with Crippen LogP contribution in [-0.2, 0) is 21.4 Å². The molecule has 4 aromatic carbocycles. The van der Waals surface area contributed by atoms with Crippen LogP contribution in [0.5, 0.6) is 5.75 Å². The number of nitrogens with zero attached hydrogens (tertiary/aromatic N) is 1. The molecule has 0 spiro atoms. The van der Waals surface area contributed by atoms with Gasteiger partial charge in [0.05, 0.1) is 17.1 Å². The fourth-order valence-electron chi connectivity index (χ4n) is 3.67. The number of carbonyl (C=O) groups excluding carboxylic acids is 1. The molecule has 0 saturated heterocycles. The number of hydrogen-bond donors (Lipinski definition) is 1. The second-order valence-electron chi connectivity index (χ2n) is 8.60. The maximum absolute atomic E-state index is 13.6. The van der Waals surface area contributed by atoms with E-state index < -0.39 is 10.0 Å². The summed E-state index contributed by atoms with van der Waals surface area (Å²) in [7, 11) is -3.86. The zero-order valence-electron chi connectivity index (χ0n) is 20.5. The zero-order chi connectivity index (χ0) is 26.4. The third-order valence-electron chi connectivity index (χ3n) is 5.76. The molecular formula is C29H27ClN2O4S. The Balaban J connectivity index is 1.53. The van der Waals surface area contributed by atoms with Crippen molar-refractivity contribution in [1.82, 2.24) is 0 Å². The quantitative estimate of drug-likeness (QED) is 0.271. The van der Waals surface area contributed by atoms with E-state index in [1.54, 1.807) is 72.8 Å². The summed E-state index contributed by atoms with van der Waals surface area (Å²) in [5, 5.41) is 3.40. The van der Waals surface area contributed by atoms with Crippen molar-refractivity contribution in [2.75, 3.05) is 16.2 Å². The molecule has 0 bridgehead atoms. The molecule has 37 heavy (non-hydrogen) atoms. The van der Waals surface area contributed by atoms with E-state index in [1.807, 2.05) is 38.1 Å². The maximum atomic E-state index is 13.6. The van der Waals surface area contributed by atoms with E-state index in [4.69, 9.17) is 16.3 Å². The van der Waals surface area contributed by atoms with Crippen molar-refractivity contribution in [3.8, 4) is 5.75 Å². The summed E-state index contributed by atoms with van der Waals surface area (Å²) < 4.78 is 34.2. The highest BCUT2D eigenvalue weighted by atomic mass is 35.5. The number of nitrogens with one attached hydrogen (secondary N) is 1. The molecule has 0 aromatic heterocycles. The summed E-state index contributed by atoms with van der Waals surface area (Å²) in [6.45, 7) is 3.76. The van der Waals surface area contributed by atoms with Gasteiger partial charge >= 0.3 is 0 Å². The number of amides is 1. The number of para-hydroxylation sites is 1. The number of anilines is 2. The molecular weight excluding hydrogens is 508 g/mol. The van der Waals surface area contributed by atoms with Crippen LogP contribution in [0.1, 0.15) is 16.7 Å². The topological polar surface area (TPSA) is 75.7 Å². The average molecular weight is 535 g/mol. The van der Waals surface area contributed by atoms with Gasteiger partial charge in [-0.05, 0) is 79.6 Å². The van der Waals surface area contributed by atoms with Gasteiger partial charge in [0.15, 0.2) is 6.61 Å². The Morgan fingerprint density at radius 3 is 2.16 bits per heavy atom. The predicted molar refractivity (Wildman–Crippen MR) is 148 cm³/mol. The number of ether oxygens (including phenoxy) is 1. The van der Waals surface area contributed by atoms with Gasteiger partial charge in [0.25, 0.3) is 15.9 Å². The van der Waals surface area contributed by atoms with E-state index in [-0.39, 0.29) is 24.0 Å². The Labute approximate surface area is 222 Å². The molecule has 0 atom stereocenters. The number of benzene rings is 4. The van der Waals surface area contributed by atoms with Crippen LogP contribution in [0, 0.1) is 13.8 Å². The number of carbonyl (C=O) groups is 1. The highest BCUT2D eigenvalue weighted by Gasteiger charge is 2.25. The summed E-state index contributed by atoms with van der Waals surface area (Å²) in [5.74, 6) is 0.160. The number of sulfonamides is 1. The second kappa shape index (κ2) is 11.5. The first-order valence-corrected chi connectivity index (χ1v) is 13.5. The van der Waals surface area contributed by atoms with Crippen LogP contribution in [0.15, 0.2) is 102 Å². The molecule has 8 heteroatoms. The SMILES string of the molecule is Cc1ccc(S(=O)(=O)N(Cc2ccc(Cl)cc2)c2ccc(OCC(=O)Nc3ccccc3C)cc2)cc1. The molecule has 4 aromatic rings. The molecule has 0 unspecified atom stereocenters. The van der Waals surface area contributed by atoms with E-state index >= 15 is 0 Å². The fourth-order valence-corrected chi connectivity index (χ4v) is 5.24. The number of hydrogen-bond acceptors (Lipinski definition) is 4. The van der Waals surface area contributed by atoms with Gasteiger partial charge in [-0.2, -0.15) is 0 Å². The molecule has 1 N–H and O–H groups in total.